The fraction of sp³-hybridized carbons (Fsp3) is 0.0769. The van der Waals surface area contributed by atoms with E-state index >= 15 is 0 Å². The van der Waals surface area contributed by atoms with Gasteiger partial charge in [0, 0.05) is 29.2 Å². The summed E-state index contributed by atoms with van der Waals surface area (Å²) in [6, 6.07) is 16.8. The number of nitriles is 1. The lowest BCUT2D eigenvalue weighted by Gasteiger charge is -2.09. The van der Waals surface area contributed by atoms with Crippen molar-refractivity contribution in [1.82, 2.24) is 4.57 Å². The van der Waals surface area contributed by atoms with Gasteiger partial charge in [0.05, 0.1) is 22.8 Å². The van der Waals surface area contributed by atoms with Gasteiger partial charge < -0.3 is 9.67 Å². The molecule has 0 radical (unpaired) electrons. The van der Waals surface area contributed by atoms with Gasteiger partial charge in [0.2, 0.25) is 0 Å². The van der Waals surface area contributed by atoms with E-state index in [0.717, 1.165) is 12.1 Å². The summed E-state index contributed by atoms with van der Waals surface area (Å²) >= 11 is 0. The third kappa shape index (κ3) is 4.69. The Bertz CT molecular complexity index is 1440. The number of hydrogen-bond donors (Lipinski definition) is 1. The van der Waals surface area contributed by atoms with E-state index in [1.54, 1.807) is 29.0 Å². The molecule has 0 bridgehead atoms. The van der Waals surface area contributed by atoms with Crippen LogP contribution in [0.4, 0.5) is 17.6 Å². The van der Waals surface area contributed by atoms with Gasteiger partial charge in [-0.05, 0) is 53.6 Å². The van der Waals surface area contributed by atoms with E-state index in [0.29, 0.717) is 27.6 Å². The van der Waals surface area contributed by atoms with Crippen LogP contribution in [-0.2, 0) is 12.7 Å². The quantitative estimate of drug-likeness (QED) is 0.267. The summed E-state index contributed by atoms with van der Waals surface area (Å²) < 4.78 is 55.0. The molecule has 0 aliphatic heterocycles. The molecule has 0 atom stereocenters. The minimum absolute atomic E-state index is 0.0663. The Balaban J connectivity index is 1.83. The van der Waals surface area contributed by atoms with E-state index < -0.39 is 23.5 Å². The smallest absolute Gasteiger partial charge is 0.416 e. The number of carboxylic acid groups (broad SMARTS) is 1. The van der Waals surface area contributed by atoms with Gasteiger partial charge in [-0.2, -0.15) is 18.4 Å². The monoisotopic (exact) mass is 464 g/mol. The lowest BCUT2D eigenvalue weighted by molar-refractivity contribution is -0.137. The number of nitrogens with zero attached hydrogens (tertiary/aromatic N) is 2. The van der Waals surface area contributed by atoms with E-state index in [1.807, 2.05) is 0 Å². The van der Waals surface area contributed by atoms with E-state index in [-0.39, 0.29) is 17.7 Å². The maximum absolute atomic E-state index is 13.4. The van der Waals surface area contributed by atoms with E-state index in [1.165, 1.54) is 42.5 Å². The number of aromatic carboxylic acids is 1. The van der Waals surface area contributed by atoms with Crippen molar-refractivity contribution in [2.45, 2.75) is 12.7 Å². The largest absolute Gasteiger partial charge is 0.478 e. The van der Waals surface area contributed by atoms with Crippen LogP contribution in [0.5, 0.6) is 0 Å². The molecule has 4 nitrogen and oxygen atoms in total. The normalized spacial score (nSPS) is 12.0. The highest BCUT2D eigenvalue weighted by molar-refractivity contribution is 5.98. The predicted molar refractivity (Wildman–Crippen MR) is 119 cm³/mol. The second-order valence-electron chi connectivity index (χ2n) is 7.62. The molecule has 0 unspecified atom stereocenters. The van der Waals surface area contributed by atoms with E-state index in [9.17, 15) is 27.6 Å². The zero-order valence-corrected chi connectivity index (χ0v) is 17.5. The Morgan fingerprint density at radius 3 is 2.24 bits per heavy atom. The standard InChI is InChI=1S/C26H16F4N2O2/c27-22-8-1-16(2-9-22)14-32-15-20(23-10-7-21(12-24(23)32)26(28,29)30)11-19(13-31)17-3-5-18(6-4-17)25(33)34/h1-12,15H,14H2,(H,33,34)/b19-11+. The molecule has 4 aromatic rings. The average Bonchev–Trinajstić information content (AvgIpc) is 3.15. The van der Waals surface area contributed by atoms with Crippen molar-refractivity contribution in [2.75, 3.05) is 0 Å². The van der Waals surface area contributed by atoms with Crippen molar-refractivity contribution < 1.29 is 27.5 Å². The van der Waals surface area contributed by atoms with Crippen molar-refractivity contribution >= 4 is 28.5 Å². The number of benzene rings is 3. The van der Waals surface area contributed by atoms with Crippen molar-refractivity contribution in [3.63, 3.8) is 0 Å². The Morgan fingerprint density at radius 1 is 1.00 bits per heavy atom. The number of hydrogen-bond acceptors (Lipinski definition) is 2. The van der Waals surface area contributed by atoms with Crippen molar-refractivity contribution in [2.24, 2.45) is 0 Å². The first-order chi connectivity index (χ1) is 16.2. The summed E-state index contributed by atoms with van der Waals surface area (Å²) in [7, 11) is 0. The van der Waals surface area contributed by atoms with Gasteiger partial charge in [-0.1, -0.05) is 30.3 Å². The SMILES string of the molecule is N#C/C(=C\c1cn(Cc2ccc(F)cc2)c2cc(C(F)(F)F)ccc12)c1ccc(C(=O)O)cc1. The molecular formula is C26H16F4N2O2. The minimum Gasteiger partial charge on any atom is -0.478 e. The summed E-state index contributed by atoms with van der Waals surface area (Å²) in [5, 5.41) is 19.2. The summed E-state index contributed by atoms with van der Waals surface area (Å²) in [6.45, 7) is 0.196. The maximum Gasteiger partial charge on any atom is 0.416 e. The maximum atomic E-state index is 13.4. The van der Waals surface area contributed by atoms with Gasteiger partial charge in [0.15, 0.2) is 0 Å². The minimum atomic E-state index is -4.53. The predicted octanol–water partition coefficient (Wildman–Crippen LogP) is 6.61. The fourth-order valence-corrected chi connectivity index (χ4v) is 3.66. The Morgan fingerprint density at radius 2 is 1.65 bits per heavy atom. The molecule has 0 spiro atoms. The molecule has 0 saturated carbocycles. The Hall–Kier alpha value is -4.38. The number of rotatable bonds is 5. The Kier molecular flexibility index (Phi) is 5.95. The molecule has 34 heavy (non-hydrogen) atoms. The zero-order chi connectivity index (χ0) is 24.5. The van der Waals surface area contributed by atoms with Crippen molar-refractivity contribution in [3.8, 4) is 6.07 Å². The first-order valence-electron chi connectivity index (χ1n) is 10.1. The summed E-state index contributed by atoms with van der Waals surface area (Å²) in [6.07, 6.45) is -1.34. The van der Waals surface area contributed by atoms with Crippen LogP contribution in [0, 0.1) is 17.1 Å². The highest BCUT2D eigenvalue weighted by Gasteiger charge is 2.31. The molecule has 1 heterocycles. The van der Waals surface area contributed by atoms with Crippen LogP contribution < -0.4 is 0 Å². The molecule has 0 fully saturated rings. The molecule has 170 valence electrons. The summed E-state index contributed by atoms with van der Waals surface area (Å²) in [4.78, 5) is 11.1. The third-order valence-electron chi connectivity index (χ3n) is 5.37. The molecule has 1 aromatic heterocycles. The number of halogens is 4. The highest BCUT2D eigenvalue weighted by Crippen LogP contribution is 2.34. The van der Waals surface area contributed by atoms with Gasteiger partial charge >= 0.3 is 12.1 Å². The van der Waals surface area contributed by atoms with Crippen molar-refractivity contribution in [3.05, 3.63) is 107 Å². The zero-order valence-electron chi connectivity index (χ0n) is 17.5. The van der Waals surface area contributed by atoms with Crippen LogP contribution in [0.3, 0.4) is 0 Å². The number of allylic oxidation sites excluding steroid dienone is 1. The first kappa shape index (κ1) is 22.8. The lowest BCUT2D eigenvalue weighted by atomic mass is 10.0. The molecule has 0 saturated heterocycles. The summed E-state index contributed by atoms with van der Waals surface area (Å²) in [5.74, 6) is -1.52. The van der Waals surface area contributed by atoms with Gasteiger partial charge in [-0.15, -0.1) is 0 Å². The number of carbonyl (C=O) groups is 1. The van der Waals surface area contributed by atoms with Crippen LogP contribution in [0.25, 0.3) is 22.6 Å². The first-order valence-corrected chi connectivity index (χ1v) is 10.1. The van der Waals surface area contributed by atoms with Crippen LogP contribution in [0.2, 0.25) is 0 Å². The molecule has 4 rings (SSSR count). The lowest BCUT2D eigenvalue weighted by Crippen LogP contribution is -2.05. The number of fused-ring (bicyclic) bond motifs is 1. The fourth-order valence-electron chi connectivity index (χ4n) is 3.66. The van der Waals surface area contributed by atoms with Crippen LogP contribution >= 0.6 is 0 Å². The van der Waals surface area contributed by atoms with Gasteiger partial charge in [0.1, 0.15) is 5.82 Å². The average molecular weight is 464 g/mol. The third-order valence-corrected chi connectivity index (χ3v) is 5.37. The van der Waals surface area contributed by atoms with E-state index in [4.69, 9.17) is 5.11 Å². The molecular weight excluding hydrogens is 448 g/mol. The number of alkyl halides is 3. The second kappa shape index (κ2) is 8.87. The second-order valence-corrected chi connectivity index (χ2v) is 7.62. The molecule has 1 N–H and O–H groups in total. The van der Waals surface area contributed by atoms with Crippen LogP contribution in [0.15, 0.2) is 72.9 Å². The highest BCUT2D eigenvalue weighted by atomic mass is 19.4. The molecule has 8 heteroatoms. The summed E-state index contributed by atoms with van der Waals surface area (Å²) in [5.41, 5.74) is 1.47. The van der Waals surface area contributed by atoms with Crippen molar-refractivity contribution in [1.29, 1.82) is 5.26 Å². The van der Waals surface area contributed by atoms with Gasteiger partial charge in [0.25, 0.3) is 0 Å². The number of aromatic nitrogens is 1. The van der Waals surface area contributed by atoms with Crippen LogP contribution in [-0.4, -0.2) is 15.6 Å². The Labute approximate surface area is 191 Å². The molecule has 0 aliphatic rings. The molecule has 0 amide bonds. The van der Waals surface area contributed by atoms with Gasteiger partial charge in [-0.3, -0.25) is 0 Å². The molecule has 3 aromatic carbocycles. The number of carboxylic acids is 1. The van der Waals surface area contributed by atoms with Gasteiger partial charge in [-0.25, -0.2) is 9.18 Å². The van der Waals surface area contributed by atoms with Crippen LogP contribution in [0.1, 0.15) is 32.6 Å². The molecule has 0 aliphatic carbocycles. The van der Waals surface area contributed by atoms with E-state index in [2.05, 4.69) is 6.07 Å². The topological polar surface area (TPSA) is 66.0 Å².